The number of ether oxygens (including phenoxy) is 1. The maximum Gasteiger partial charge on any atom is 0.158 e. The maximum absolute atomic E-state index is 9.02. The highest BCUT2D eigenvalue weighted by Crippen LogP contribution is 2.26. The summed E-state index contributed by atoms with van der Waals surface area (Å²) in [4.78, 5) is 1.96. The lowest BCUT2D eigenvalue weighted by Crippen LogP contribution is -2.11. The number of nitrogens with zero attached hydrogens (tertiary/aromatic N) is 3. The van der Waals surface area contributed by atoms with E-state index in [2.05, 4.69) is 0 Å². The lowest BCUT2D eigenvalue weighted by Gasteiger charge is -2.17. The van der Waals surface area contributed by atoms with Gasteiger partial charge in [0.15, 0.2) is 5.92 Å². The van der Waals surface area contributed by atoms with Gasteiger partial charge in [0.2, 0.25) is 0 Å². The predicted octanol–water partition coefficient (Wildman–Crippen LogP) is 3.71. The summed E-state index contributed by atoms with van der Waals surface area (Å²) in [6.07, 6.45) is 10.4. The Balaban J connectivity index is 2.32. The molecule has 0 aromatic heterocycles. The van der Waals surface area contributed by atoms with Gasteiger partial charge < -0.3 is 9.64 Å². The van der Waals surface area contributed by atoms with Crippen molar-refractivity contribution in [3.63, 3.8) is 0 Å². The second-order valence-corrected chi connectivity index (χ2v) is 5.07. The summed E-state index contributed by atoms with van der Waals surface area (Å²) in [5.41, 5.74) is 2.67. The summed E-state index contributed by atoms with van der Waals surface area (Å²) >= 11 is 0. The van der Waals surface area contributed by atoms with Crippen LogP contribution in [0.4, 0.5) is 5.69 Å². The van der Waals surface area contributed by atoms with Crippen LogP contribution in [0.25, 0.3) is 6.08 Å². The fourth-order valence-corrected chi connectivity index (χ4v) is 2.14. The lowest BCUT2D eigenvalue weighted by atomic mass is 9.98. The fourth-order valence-electron chi connectivity index (χ4n) is 2.14. The summed E-state index contributed by atoms with van der Waals surface area (Å²) in [7, 11) is 3.87. The van der Waals surface area contributed by atoms with Gasteiger partial charge in [-0.15, -0.1) is 0 Å². The normalized spacial score (nSPS) is 13.4. The highest BCUT2D eigenvalue weighted by molar-refractivity contribution is 5.69. The molecule has 4 nitrogen and oxygen atoms in total. The van der Waals surface area contributed by atoms with Crippen molar-refractivity contribution in [3.05, 3.63) is 59.6 Å². The van der Waals surface area contributed by atoms with Crippen molar-refractivity contribution in [1.29, 1.82) is 10.5 Å². The van der Waals surface area contributed by atoms with E-state index in [9.17, 15) is 0 Å². The van der Waals surface area contributed by atoms with Crippen LogP contribution in [0.2, 0.25) is 0 Å². The number of nitriles is 2. The average molecular weight is 291 g/mol. The van der Waals surface area contributed by atoms with Crippen molar-refractivity contribution >= 4 is 11.8 Å². The second kappa shape index (κ2) is 7.15. The Morgan fingerprint density at radius 2 is 2.00 bits per heavy atom. The monoisotopic (exact) mass is 291 g/mol. The third-order valence-corrected chi connectivity index (χ3v) is 3.31. The van der Waals surface area contributed by atoms with Crippen LogP contribution in [-0.4, -0.2) is 14.1 Å². The molecule has 1 aliphatic rings. The summed E-state index contributed by atoms with van der Waals surface area (Å²) < 4.78 is 5.39. The Morgan fingerprint density at radius 3 is 2.59 bits per heavy atom. The van der Waals surface area contributed by atoms with E-state index in [4.69, 9.17) is 15.3 Å². The largest absolute Gasteiger partial charge is 0.466 e. The van der Waals surface area contributed by atoms with Gasteiger partial charge in [0.1, 0.15) is 5.76 Å². The van der Waals surface area contributed by atoms with Crippen LogP contribution in [0, 0.1) is 22.7 Å². The van der Waals surface area contributed by atoms with E-state index >= 15 is 0 Å². The molecule has 0 aliphatic carbocycles. The molecule has 1 aromatic rings. The Labute approximate surface area is 130 Å². The van der Waals surface area contributed by atoms with E-state index in [1.54, 1.807) is 6.26 Å². The van der Waals surface area contributed by atoms with E-state index in [0.29, 0.717) is 5.56 Å². The van der Waals surface area contributed by atoms with E-state index in [-0.39, 0.29) is 0 Å². The molecule has 1 heterocycles. The van der Waals surface area contributed by atoms with Crippen molar-refractivity contribution in [1.82, 2.24) is 0 Å². The molecule has 0 N–H and O–H groups in total. The summed E-state index contributed by atoms with van der Waals surface area (Å²) in [6.45, 7) is 0. The number of hydrogen-bond donors (Lipinski definition) is 0. The van der Waals surface area contributed by atoms with Crippen LogP contribution in [0.15, 0.2) is 48.4 Å². The number of benzene rings is 1. The molecule has 0 radical (unpaired) electrons. The molecule has 0 unspecified atom stereocenters. The molecule has 0 saturated heterocycles. The predicted molar refractivity (Wildman–Crippen MR) is 86.7 cm³/mol. The molecule has 0 amide bonds. The third-order valence-electron chi connectivity index (χ3n) is 3.31. The van der Waals surface area contributed by atoms with Crippen molar-refractivity contribution < 1.29 is 4.74 Å². The van der Waals surface area contributed by atoms with E-state index in [1.807, 2.05) is 73.6 Å². The molecule has 0 atom stereocenters. The SMILES string of the molecule is CN(C)c1cc(C(C#N)C#N)ccc1C=CC1=CCC=CO1. The van der Waals surface area contributed by atoms with Crippen LogP contribution in [0.3, 0.4) is 0 Å². The molecule has 1 aliphatic heterocycles. The zero-order valence-electron chi connectivity index (χ0n) is 12.7. The minimum atomic E-state index is -0.744. The second-order valence-electron chi connectivity index (χ2n) is 5.07. The van der Waals surface area contributed by atoms with Gasteiger partial charge in [0.05, 0.1) is 18.4 Å². The molecule has 0 saturated carbocycles. The zero-order chi connectivity index (χ0) is 15.9. The van der Waals surface area contributed by atoms with Crippen LogP contribution in [-0.2, 0) is 4.74 Å². The van der Waals surface area contributed by atoms with E-state index < -0.39 is 5.92 Å². The number of anilines is 1. The van der Waals surface area contributed by atoms with Crippen molar-refractivity contribution in [3.8, 4) is 12.1 Å². The van der Waals surface area contributed by atoms with Gasteiger partial charge in [-0.3, -0.25) is 0 Å². The fraction of sp³-hybridized carbons (Fsp3) is 0.222. The number of allylic oxidation sites excluding steroid dienone is 3. The standard InChI is InChI=1S/C18H17N3O/c1-21(2)18-11-15(16(12-19)13-20)7-6-14(18)8-9-17-5-3-4-10-22-17/h4-11,16H,3H2,1-2H3. The molecular weight excluding hydrogens is 274 g/mol. The van der Waals surface area contributed by atoms with Crippen molar-refractivity contribution in [2.75, 3.05) is 19.0 Å². The molecule has 0 bridgehead atoms. The third kappa shape index (κ3) is 3.56. The minimum absolute atomic E-state index is 0.710. The van der Waals surface area contributed by atoms with Gasteiger partial charge in [-0.05, 0) is 47.9 Å². The molecule has 2 rings (SSSR count). The molecule has 110 valence electrons. The first kappa shape index (κ1) is 15.4. The van der Waals surface area contributed by atoms with Crippen LogP contribution in [0.1, 0.15) is 23.5 Å². The maximum atomic E-state index is 9.02. The molecule has 1 aromatic carbocycles. The summed E-state index contributed by atoms with van der Waals surface area (Å²) in [5.74, 6) is 0.0643. The molecule has 22 heavy (non-hydrogen) atoms. The van der Waals surface area contributed by atoms with Gasteiger partial charge in [-0.25, -0.2) is 0 Å². The van der Waals surface area contributed by atoms with Crippen molar-refractivity contribution in [2.24, 2.45) is 0 Å². The molecule has 0 fully saturated rings. The molecular formula is C18H17N3O. The Kier molecular flexibility index (Phi) is 5.01. The van der Waals surface area contributed by atoms with E-state index in [1.165, 1.54) is 0 Å². The minimum Gasteiger partial charge on any atom is -0.466 e. The van der Waals surface area contributed by atoms with Gasteiger partial charge in [-0.1, -0.05) is 12.1 Å². The van der Waals surface area contributed by atoms with Crippen LogP contribution < -0.4 is 4.90 Å². The summed E-state index contributed by atoms with van der Waals surface area (Å²) in [5, 5.41) is 18.0. The lowest BCUT2D eigenvalue weighted by molar-refractivity contribution is 0.359. The molecule has 0 spiro atoms. The van der Waals surface area contributed by atoms with E-state index in [0.717, 1.165) is 23.4 Å². The van der Waals surface area contributed by atoms with Gasteiger partial charge in [0, 0.05) is 19.8 Å². The smallest absolute Gasteiger partial charge is 0.158 e. The Morgan fingerprint density at radius 1 is 1.23 bits per heavy atom. The Bertz CT molecular complexity index is 701. The van der Waals surface area contributed by atoms with Crippen LogP contribution >= 0.6 is 0 Å². The Hall–Kier alpha value is -2.98. The average Bonchev–Trinajstić information content (AvgIpc) is 2.55. The highest BCUT2D eigenvalue weighted by atomic mass is 16.5. The molecule has 4 heteroatoms. The topological polar surface area (TPSA) is 60.0 Å². The van der Waals surface area contributed by atoms with Crippen molar-refractivity contribution in [2.45, 2.75) is 12.3 Å². The number of rotatable bonds is 4. The van der Waals surface area contributed by atoms with Gasteiger partial charge in [0.25, 0.3) is 0 Å². The first-order valence-electron chi connectivity index (χ1n) is 6.96. The highest BCUT2D eigenvalue weighted by Gasteiger charge is 2.12. The van der Waals surface area contributed by atoms with Gasteiger partial charge >= 0.3 is 0 Å². The zero-order valence-corrected chi connectivity index (χ0v) is 12.7. The first-order chi connectivity index (χ1) is 10.7. The van der Waals surface area contributed by atoms with Crippen LogP contribution in [0.5, 0.6) is 0 Å². The first-order valence-corrected chi connectivity index (χ1v) is 6.96. The quantitative estimate of drug-likeness (QED) is 0.848. The van der Waals surface area contributed by atoms with Gasteiger partial charge in [-0.2, -0.15) is 10.5 Å². The summed E-state index contributed by atoms with van der Waals surface area (Å²) in [6, 6.07) is 9.63. The number of hydrogen-bond acceptors (Lipinski definition) is 4.